The number of nitrogens with two attached hydrogens (primary N) is 1. The summed E-state index contributed by atoms with van der Waals surface area (Å²) in [6.07, 6.45) is 0. The van der Waals surface area contributed by atoms with E-state index >= 15 is 0 Å². The van der Waals surface area contributed by atoms with E-state index < -0.39 is 5.82 Å². The molecule has 0 atom stereocenters. The van der Waals surface area contributed by atoms with Gasteiger partial charge in [0.1, 0.15) is 11.6 Å². The van der Waals surface area contributed by atoms with Gasteiger partial charge in [0.05, 0.1) is 12.7 Å². The largest absolute Gasteiger partial charge is 0.497 e. The van der Waals surface area contributed by atoms with Crippen LogP contribution >= 0.6 is 11.6 Å². The molecule has 2 aromatic rings. The zero-order chi connectivity index (χ0) is 12.4. The third kappa shape index (κ3) is 2.42. The minimum absolute atomic E-state index is 0.0600. The molecule has 17 heavy (non-hydrogen) atoms. The van der Waals surface area contributed by atoms with E-state index in [9.17, 15) is 4.39 Å². The molecule has 0 saturated carbocycles. The van der Waals surface area contributed by atoms with Gasteiger partial charge in [0, 0.05) is 6.07 Å². The predicted molar refractivity (Wildman–Crippen MR) is 61.2 cm³/mol. The van der Waals surface area contributed by atoms with E-state index in [1.807, 2.05) is 0 Å². The maximum absolute atomic E-state index is 13.7. The number of rotatable bonds is 2. The highest BCUT2D eigenvalue weighted by molar-refractivity contribution is 6.28. The van der Waals surface area contributed by atoms with E-state index in [2.05, 4.69) is 15.0 Å². The van der Waals surface area contributed by atoms with Gasteiger partial charge in [-0.25, -0.2) is 4.39 Å². The summed E-state index contributed by atoms with van der Waals surface area (Å²) in [5.74, 6) is -0.0942. The molecule has 1 aromatic heterocycles. The Morgan fingerprint density at radius 1 is 1.29 bits per heavy atom. The number of nitrogen functional groups attached to an aromatic ring is 1. The van der Waals surface area contributed by atoms with E-state index in [0.29, 0.717) is 5.75 Å². The van der Waals surface area contributed by atoms with Crippen molar-refractivity contribution in [1.29, 1.82) is 0 Å². The van der Waals surface area contributed by atoms with Crippen LogP contribution in [-0.2, 0) is 0 Å². The van der Waals surface area contributed by atoms with Gasteiger partial charge in [-0.3, -0.25) is 0 Å². The Kier molecular flexibility index (Phi) is 3.06. The zero-order valence-corrected chi connectivity index (χ0v) is 9.57. The highest BCUT2D eigenvalue weighted by Crippen LogP contribution is 2.24. The third-order valence-corrected chi connectivity index (χ3v) is 2.21. The van der Waals surface area contributed by atoms with Crippen LogP contribution < -0.4 is 10.5 Å². The minimum Gasteiger partial charge on any atom is -0.497 e. The number of methoxy groups -OCH3 is 1. The van der Waals surface area contributed by atoms with E-state index in [-0.39, 0.29) is 22.6 Å². The molecule has 0 aliphatic heterocycles. The van der Waals surface area contributed by atoms with Crippen molar-refractivity contribution in [3.8, 4) is 17.1 Å². The average Bonchev–Trinajstić information content (AvgIpc) is 2.27. The highest BCUT2D eigenvalue weighted by Gasteiger charge is 2.11. The summed E-state index contributed by atoms with van der Waals surface area (Å²) in [6, 6.07) is 4.30. The highest BCUT2D eigenvalue weighted by atomic mass is 35.5. The lowest BCUT2D eigenvalue weighted by Gasteiger charge is -2.05. The first-order valence-electron chi connectivity index (χ1n) is 4.61. The third-order valence-electron chi connectivity index (χ3n) is 2.04. The fraction of sp³-hybridized carbons (Fsp3) is 0.100. The zero-order valence-electron chi connectivity index (χ0n) is 8.82. The van der Waals surface area contributed by atoms with Gasteiger partial charge in [-0.2, -0.15) is 15.0 Å². The van der Waals surface area contributed by atoms with Crippen LogP contribution in [0.4, 0.5) is 10.3 Å². The van der Waals surface area contributed by atoms with E-state index in [1.54, 1.807) is 6.07 Å². The summed E-state index contributed by atoms with van der Waals surface area (Å²) in [5.41, 5.74) is 5.59. The minimum atomic E-state index is -0.522. The van der Waals surface area contributed by atoms with E-state index in [0.717, 1.165) is 0 Å². The normalized spacial score (nSPS) is 10.3. The van der Waals surface area contributed by atoms with Crippen molar-refractivity contribution >= 4 is 17.5 Å². The Bertz CT molecular complexity index is 544. The molecule has 2 rings (SSSR count). The van der Waals surface area contributed by atoms with Gasteiger partial charge >= 0.3 is 0 Å². The Balaban J connectivity index is 2.52. The number of benzene rings is 1. The summed E-state index contributed by atoms with van der Waals surface area (Å²) in [4.78, 5) is 11.2. The number of hydrogen-bond donors (Lipinski definition) is 1. The van der Waals surface area contributed by atoms with Crippen LogP contribution in [0.3, 0.4) is 0 Å². The molecule has 88 valence electrons. The molecule has 0 radical (unpaired) electrons. The average molecular weight is 255 g/mol. The molecular formula is C10H8ClFN4O. The molecule has 0 fully saturated rings. The fourth-order valence-corrected chi connectivity index (χ4v) is 1.46. The Labute approximate surface area is 101 Å². The van der Waals surface area contributed by atoms with Crippen molar-refractivity contribution in [2.24, 2.45) is 0 Å². The molecule has 0 unspecified atom stereocenters. The first kappa shape index (κ1) is 11.5. The number of ether oxygens (including phenoxy) is 1. The van der Waals surface area contributed by atoms with Crippen LogP contribution in [-0.4, -0.2) is 22.1 Å². The fourth-order valence-electron chi connectivity index (χ4n) is 1.29. The molecule has 0 saturated heterocycles. The standard InChI is InChI=1S/C10H8ClFN4O/c1-17-5-2-3-6(7(12)4-5)8-14-9(11)16-10(13)15-8/h2-4H,1H3,(H2,13,14,15,16). The molecule has 2 N–H and O–H groups in total. The number of hydrogen-bond acceptors (Lipinski definition) is 5. The molecule has 1 aromatic carbocycles. The second-order valence-corrected chi connectivity index (χ2v) is 3.47. The molecule has 7 heteroatoms. The number of halogens is 2. The van der Waals surface area contributed by atoms with Gasteiger partial charge in [0.2, 0.25) is 11.2 Å². The number of nitrogens with zero attached hydrogens (tertiary/aromatic N) is 3. The molecule has 0 spiro atoms. The van der Waals surface area contributed by atoms with E-state index in [1.165, 1.54) is 19.2 Å². The Morgan fingerprint density at radius 3 is 2.65 bits per heavy atom. The maximum atomic E-state index is 13.7. The predicted octanol–water partition coefficient (Wildman–Crippen LogP) is 1.92. The second kappa shape index (κ2) is 4.50. The molecule has 0 bridgehead atoms. The monoisotopic (exact) mass is 254 g/mol. The first-order chi connectivity index (χ1) is 8.10. The molecule has 0 aliphatic carbocycles. The summed E-state index contributed by atoms with van der Waals surface area (Å²) in [7, 11) is 1.45. The van der Waals surface area contributed by atoms with Gasteiger partial charge in [-0.05, 0) is 23.7 Å². The second-order valence-electron chi connectivity index (χ2n) is 3.13. The van der Waals surface area contributed by atoms with Crippen LogP contribution in [0.15, 0.2) is 18.2 Å². The topological polar surface area (TPSA) is 73.9 Å². The summed E-state index contributed by atoms with van der Waals surface area (Å²) < 4.78 is 18.6. The van der Waals surface area contributed by atoms with Gasteiger partial charge in [0.25, 0.3) is 0 Å². The SMILES string of the molecule is COc1ccc(-c2nc(N)nc(Cl)n2)c(F)c1. The van der Waals surface area contributed by atoms with Crippen molar-refractivity contribution in [2.75, 3.05) is 12.8 Å². The van der Waals surface area contributed by atoms with Gasteiger partial charge in [0.15, 0.2) is 5.82 Å². The van der Waals surface area contributed by atoms with Crippen molar-refractivity contribution in [3.63, 3.8) is 0 Å². The lowest BCUT2D eigenvalue weighted by Crippen LogP contribution is -2.01. The van der Waals surface area contributed by atoms with Crippen molar-refractivity contribution in [3.05, 3.63) is 29.3 Å². The lowest BCUT2D eigenvalue weighted by molar-refractivity contribution is 0.411. The quantitative estimate of drug-likeness (QED) is 0.886. The van der Waals surface area contributed by atoms with E-state index in [4.69, 9.17) is 22.1 Å². The molecular weight excluding hydrogens is 247 g/mol. The molecule has 0 aliphatic rings. The van der Waals surface area contributed by atoms with Gasteiger partial charge in [-0.1, -0.05) is 0 Å². The summed E-state index contributed by atoms with van der Waals surface area (Å²) in [6.45, 7) is 0. The van der Waals surface area contributed by atoms with Crippen LogP contribution in [0.1, 0.15) is 0 Å². The summed E-state index contributed by atoms with van der Waals surface area (Å²) in [5, 5.41) is -0.0808. The summed E-state index contributed by atoms with van der Waals surface area (Å²) >= 11 is 5.62. The lowest BCUT2D eigenvalue weighted by atomic mass is 10.2. The Hall–Kier alpha value is -1.95. The smallest absolute Gasteiger partial charge is 0.227 e. The van der Waals surface area contributed by atoms with Crippen LogP contribution in [0.5, 0.6) is 5.75 Å². The van der Waals surface area contributed by atoms with Crippen molar-refractivity contribution < 1.29 is 9.13 Å². The molecule has 0 amide bonds. The van der Waals surface area contributed by atoms with Crippen molar-refractivity contribution in [1.82, 2.24) is 15.0 Å². The molecule has 1 heterocycles. The van der Waals surface area contributed by atoms with Crippen LogP contribution in [0.2, 0.25) is 5.28 Å². The number of aromatic nitrogens is 3. The van der Waals surface area contributed by atoms with Gasteiger partial charge in [-0.15, -0.1) is 0 Å². The first-order valence-corrected chi connectivity index (χ1v) is 4.99. The molecule has 5 nitrogen and oxygen atoms in total. The van der Waals surface area contributed by atoms with Crippen LogP contribution in [0.25, 0.3) is 11.4 Å². The maximum Gasteiger partial charge on any atom is 0.227 e. The van der Waals surface area contributed by atoms with Gasteiger partial charge < -0.3 is 10.5 Å². The van der Waals surface area contributed by atoms with Crippen LogP contribution in [0, 0.1) is 5.82 Å². The van der Waals surface area contributed by atoms with Crippen molar-refractivity contribution in [2.45, 2.75) is 0 Å². The number of anilines is 1. The Morgan fingerprint density at radius 2 is 2.06 bits per heavy atom.